The van der Waals surface area contributed by atoms with Crippen LogP contribution in [0.4, 0.5) is 8.78 Å². The molecule has 0 unspecified atom stereocenters. The highest BCUT2D eigenvalue weighted by molar-refractivity contribution is 6.09. The van der Waals surface area contributed by atoms with Crippen LogP contribution in [-0.4, -0.2) is 12.9 Å². The molecule has 0 aliphatic heterocycles. The van der Waals surface area contributed by atoms with E-state index in [1.54, 1.807) is 6.07 Å². The quantitative estimate of drug-likeness (QED) is 0.685. The molecule has 3 nitrogen and oxygen atoms in total. The number of para-hydroxylation sites is 1. The standard InChI is InChI=1S/C16H10F2O3/c1-20-13-6-5-9(7-12(13)18)15(19)14-8-10-3-2-4-11(17)16(10)21-14/h2-8H,1H3. The number of rotatable bonds is 3. The van der Waals surface area contributed by atoms with Gasteiger partial charge >= 0.3 is 0 Å². The van der Waals surface area contributed by atoms with Gasteiger partial charge in [-0.25, -0.2) is 8.78 Å². The zero-order valence-electron chi connectivity index (χ0n) is 11.0. The van der Waals surface area contributed by atoms with Gasteiger partial charge in [-0.1, -0.05) is 12.1 Å². The number of ether oxygens (including phenoxy) is 1. The van der Waals surface area contributed by atoms with E-state index < -0.39 is 17.4 Å². The van der Waals surface area contributed by atoms with E-state index in [1.165, 1.54) is 37.4 Å². The molecule has 0 spiro atoms. The summed E-state index contributed by atoms with van der Waals surface area (Å²) in [6, 6.07) is 9.67. The molecule has 0 amide bonds. The van der Waals surface area contributed by atoms with Gasteiger partial charge in [0.25, 0.3) is 0 Å². The molecule has 0 fully saturated rings. The summed E-state index contributed by atoms with van der Waals surface area (Å²) in [6.45, 7) is 0. The summed E-state index contributed by atoms with van der Waals surface area (Å²) in [5.74, 6) is -1.72. The Morgan fingerprint density at radius 2 is 1.90 bits per heavy atom. The van der Waals surface area contributed by atoms with Crippen LogP contribution in [0, 0.1) is 11.6 Å². The van der Waals surface area contributed by atoms with Crippen molar-refractivity contribution in [1.82, 2.24) is 0 Å². The molecule has 1 aromatic heterocycles. The Balaban J connectivity index is 2.04. The van der Waals surface area contributed by atoms with Crippen LogP contribution in [-0.2, 0) is 0 Å². The second kappa shape index (κ2) is 5.01. The van der Waals surface area contributed by atoms with Crippen molar-refractivity contribution >= 4 is 16.8 Å². The molecule has 0 aliphatic rings. The fraction of sp³-hybridized carbons (Fsp3) is 0.0625. The summed E-state index contributed by atoms with van der Waals surface area (Å²) in [5.41, 5.74) is 0.114. The zero-order chi connectivity index (χ0) is 15.0. The molecule has 0 aliphatic carbocycles. The average Bonchev–Trinajstić information content (AvgIpc) is 2.92. The van der Waals surface area contributed by atoms with Crippen LogP contribution in [0.25, 0.3) is 11.0 Å². The van der Waals surface area contributed by atoms with E-state index in [1.807, 2.05) is 0 Å². The van der Waals surface area contributed by atoms with E-state index in [4.69, 9.17) is 9.15 Å². The van der Waals surface area contributed by atoms with Crippen LogP contribution in [0.5, 0.6) is 5.75 Å². The monoisotopic (exact) mass is 288 g/mol. The van der Waals surface area contributed by atoms with Gasteiger partial charge in [0.2, 0.25) is 5.78 Å². The second-order valence-corrected chi connectivity index (χ2v) is 4.45. The molecule has 3 rings (SSSR count). The van der Waals surface area contributed by atoms with Crippen LogP contribution >= 0.6 is 0 Å². The Bertz CT molecular complexity index is 837. The molecular weight excluding hydrogens is 278 g/mol. The number of hydrogen-bond acceptors (Lipinski definition) is 3. The highest BCUT2D eigenvalue weighted by Crippen LogP contribution is 2.25. The summed E-state index contributed by atoms with van der Waals surface area (Å²) in [6.07, 6.45) is 0. The Kier molecular flexibility index (Phi) is 3.17. The molecule has 0 atom stereocenters. The molecule has 5 heteroatoms. The lowest BCUT2D eigenvalue weighted by Gasteiger charge is -2.03. The number of furan rings is 1. The van der Waals surface area contributed by atoms with Gasteiger partial charge in [0, 0.05) is 10.9 Å². The van der Waals surface area contributed by atoms with Crippen LogP contribution in [0.2, 0.25) is 0 Å². The molecule has 0 bridgehead atoms. The van der Waals surface area contributed by atoms with Crippen molar-refractivity contribution in [2.45, 2.75) is 0 Å². The molecule has 0 saturated heterocycles. The lowest BCUT2D eigenvalue weighted by Crippen LogP contribution is -2.01. The predicted octanol–water partition coefficient (Wildman–Crippen LogP) is 3.95. The Hall–Kier alpha value is -2.69. The molecule has 0 N–H and O–H groups in total. The third kappa shape index (κ3) is 2.27. The van der Waals surface area contributed by atoms with Crippen LogP contribution in [0.3, 0.4) is 0 Å². The van der Waals surface area contributed by atoms with Crippen molar-refractivity contribution in [1.29, 1.82) is 0 Å². The van der Waals surface area contributed by atoms with Crippen molar-refractivity contribution in [3.63, 3.8) is 0 Å². The van der Waals surface area contributed by atoms with Gasteiger partial charge in [0.1, 0.15) is 0 Å². The number of carbonyl (C=O) groups is 1. The third-order valence-corrected chi connectivity index (χ3v) is 3.13. The third-order valence-electron chi connectivity index (χ3n) is 3.13. The maximum atomic E-state index is 13.6. The van der Waals surface area contributed by atoms with Gasteiger partial charge in [0.05, 0.1) is 7.11 Å². The van der Waals surface area contributed by atoms with E-state index in [-0.39, 0.29) is 22.7 Å². The number of carbonyl (C=O) groups excluding carboxylic acids is 1. The minimum Gasteiger partial charge on any atom is -0.494 e. The number of halogens is 2. The number of benzene rings is 2. The summed E-state index contributed by atoms with van der Waals surface area (Å²) < 4.78 is 37.2. The van der Waals surface area contributed by atoms with Gasteiger partial charge in [-0.05, 0) is 30.3 Å². The first-order valence-electron chi connectivity index (χ1n) is 6.16. The van der Waals surface area contributed by atoms with Crippen molar-refractivity contribution in [3.8, 4) is 5.75 Å². The fourth-order valence-electron chi connectivity index (χ4n) is 2.09. The lowest BCUT2D eigenvalue weighted by atomic mass is 10.1. The summed E-state index contributed by atoms with van der Waals surface area (Å²) >= 11 is 0. The second-order valence-electron chi connectivity index (χ2n) is 4.45. The molecule has 106 valence electrons. The molecule has 2 aromatic carbocycles. The number of fused-ring (bicyclic) bond motifs is 1. The largest absolute Gasteiger partial charge is 0.494 e. The van der Waals surface area contributed by atoms with Crippen molar-refractivity contribution in [3.05, 3.63) is 65.4 Å². The van der Waals surface area contributed by atoms with E-state index >= 15 is 0 Å². The number of ketones is 1. The fourth-order valence-corrected chi connectivity index (χ4v) is 2.09. The first-order chi connectivity index (χ1) is 10.1. The molecule has 0 radical (unpaired) electrons. The first kappa shape index (κ1) is 13.3. The van der Waals surface area contributed by atoms with Crippen LogP contribution < -0.4 is 4.74 Å². The van der Waals surface area contributed by atoms with Crippen LogP contribution in [0.15, 0.2) is 46.9 Å². The van der Waals surface area contributed by atoms with Gasteiger partial charge < -0.3 is 9.15 Å². The lowest BCUT2D eigenvalue weighted by molar-refractivity contribution is 0.101. The SMILES string of the molecule is COc1ccc(C(=O)c2cc3cccc(F)c3o2)cc1F. The van der Waals surface area contributed by atoms with Crippen molar-refractivity contribution < 1.29 is 22.7 Å². The molecule has 0 saturated carbocycles. The number of hydrogen-bond donors (Lipinski definition) is 0. The molecular formula is C16H10F2O3. The Labute approximate surface area is 118 Å². The van der Waals surface area contributed by atoms with E-state index in [0.29, 0.717) is 5.39 Å². The highest BCUT2D eigenvalue weighted by Gasteiger charge is 2.17. The Morgan fingerprint density at radius 1 is 1.10 bits per heavy atom. The zero-order valence-corrected chi connectivity index (χ0v) is 11.0. The molecule has 3 aromatic rings. The molecule has 1 heterocycles. The van der Waals surface area contributed by atoms with E-state index in [2.05, 4.69) is 0 Å². The minimum atomic E-state index is -0.648. The average molecular weight is 288 g/mol. The summed E-state index contributed by atoms with van der Waals surface area (Å²) in [4.78, 5) is 12.3. The first-order valence-corrected chi connectivity index (χ1v) is 6.16. The number of methoxy groups -OCH3 is 1. The van der Waals surface area contributed by atoms with Crippen molar-refractivity contribution in [2.75, 3.05) is 7.11 Å². The predicted molar refractivity (Wildman–Crippen MR) is 72.6 cm³/mol. The minimum absolute atomic E-state index is 0.00911. The molecule has 21 heavy (non-hydrogen) atoms. The Morgan fingerprint density at radius 3 is 2.57 bits per heavy atom. The van der Waals surface area contributed by atoms with Gasteiger partial charge in [-0.15, -0.1) is 0 Å². The van der Waals surface area contributed by atoms with E-state index in [0.717, 1.165) is 6.07 Å². The topological polar surface area (TPSA) is 39.4 Å². The van der Waals surface area contributed by atoms with Gasteiger partial charge in [-0.2, -0.15) is 0 Å². The van der Waals surface area contributed by atoms with Crippen LogP contribution in [0.1, 0.15) is 16.1 Å². The van der Waals surface area contributed by atoms with Crippen molar-refractivity contribution in [2.24, 2.45) is 0 Å². The maximum absolute atomic E-state index is 13.6. The van der Waals surface area contributed by atoms with Gasteiger partial charge in [-0.3, -0.25) is 4.79 Å². The van der Waals surface area contributed by atoms with E-state index in [9.17, 15) is 13.6 Å². The normalized spacial score (nSPS) is 10.8. The summed E-state index contributed by atoms with van der Waals surface area (Å²) in [5, 5.41) is 0.479. The maximum Gasteiger partial charge on any atom is 0.228 e. The highest BCUT2D eigenvalue weighted by atomic mass is 19.1. The summed E-state index contributed by atoms with van der Waals surface area (Å²) in [7, 11) is 1.34. The smallest absolute Gasteiger partial charge is 0.228 e. The van der Waals surface area contributed by atoms with Gasteiger partial charge in [0.15, 0.2) is 28.7 Å².